The Morgan fingerprint density at radius 3 is 2.00 bits per heavy atom. The van der Waals surface area contributed by atoms with E-state index in [4.69, 9.17) is 0 Å². The summed E-state index contributed by atoms with van der Waals surface area (Å²) in [5, 5.41) is 6.32. The molecule has 10 heteroatoms. The Morgan fingerprint density at radius 2 is 1.32 bits per heavy atom. The van der Waals surface area contributed by atoms with Gasteiger partial charge < -0.3 is 10.6 Å². The first-order chi connectivity index (χ1) is 16.2. The number of halogens is 2. The summed E-state index contributed by atoms with van der Waals surface area (Å²) in [5.41, 5.74) is 3.68. The van der Waals surface area contributed by atoms with E-state index in [1.807, 2.05) is 44.2 Å². The molecule has 0 aliphatic rings. The summed E-state index contributed by atoms with van der Waals surface area (Å²) in [5.74, 6) is -1.37. The van der Waals surface area contributed by atoms with Crippen molar-refractivity contribution in [2.45, 2.75) is 18.7 Å². The summed E-state index contributed by atoms with van der Waals surface area (Å²) in [6.45, 7) is 3.86. The third kappa shape index (κ3) is 5.65. The molecule has 0 radical (unpaired) electrons. The standard InChI is InChI=1S/C24H21F2N5O2S/c1-15-3-5-17(6-4-15)28-23-13-16(2)27-24(30-23)29-18-7-9-19(10-8-18)31-34(32,33)20-11-12-21(25)22(26)14-20/h3-14,31H,1-2H3,(H2,27,28,29,30). The van der Waals surface area contributed by atoms with Gasteiger partial charge in [-0.2, -0.15) is 4.98 Å². The van der Waals surface area contributed by atoms with E-state index < -0.39 is 21.7 Å². The van der Waals surface area contributed by atoms with Crippen LogP contribution in [0, 0.1) is 25.5 Å². The van der Waals surface area contributed by atoms with Crippen molar-refractivity contribution in [1.82, 2.24) is 9.97 Å². The van der Waals surface area contributed by atoms with Gasteiger partial charge in [0.15, 0.2) is 11.6 Å². The number of aryl methyl sites for hydroxylation is 2. The summed E-state index contributed by atoms with van der Waals surface area (Å²) in [6.07, 6.45) is 0. The topological polar surface area (TPSA) is 96.0 Å². The molecule has 4 rings (SSSR count). The Balaban J connectivity index is 1.46. The van der Waals surface area contributed by atoms with Gasteiger partial charge in [-0.15, -0.1) is 0 Å². The predicted molar refractivity (Wildman–Crippen MR) is 128 cm³/mol. The van der Waals surface area contributed by atoms with Crippen molar-refractivity contribution in [2.24, 2.45) is 0 Å². The van der Waals surface area contributed by atoms with Crippen molar-refractivity contribution >= 4 is 38.9 Å². The van der Waals surface area contributed by atoms with Crippen LogP contribution in [0.15, 0.2) is 77.7 Å². The van der Waals surface area contributed by atoms with Gasteiger partial charge in [-0.1, -0.05) is 17.7 Å². The second kappa shape index (κ2) is 9.44. The van der Waals surface area contributed by atoms with Gasteiger partial charge in [-0.3, -0.25) is 4.72 Å². The van der Waals surface area contributed by atoms with Gasteiger partial charge in [0.2, 0.25) is 5.95 Å². The van der Waals surface area contributed by atoms with E-state index in [9.17, 15) is 17.2 Å². The van der Waals surface area contributed by atoms with Crippen LogP contribution in [0.4, 0.5) is 37.6 Å². The molecule has 4 aromatic rings. The second-order valence-corrected chi connectivity index (χ2v) is 9.28. The second-order valence-electron chi connectivity index (χ2n) is 7.59. The lowest BCUT2D eigenvalue weighted by Gasteiger charge is -2.11. The van der Waals surface area contributed by atoms with Crippen LogP contribution in [-0.2, 0) is 10.0 Å². The molecule has 0 unspecified atom stereocenters. The molecule has 174 valence electrons. The summed E-state index contributed by atoms with van der Waals surface area (Å²) in [4.78, 5) is 8.47. The predicted octanol–water partition coefficient (Wildman–Crippen LogP) is 5.66. The average Bonchev–Trinajstić information content (AvgIpc) is 2.78. The van der Waals surface area contributed by atoms with Crippen LogP contribution in [-0.4, -0.2) is 18.4 Å². The molecule has 1 aromatic heterocycles. The summed E-state index contributed by atoms with van der Waals surface area (Å²) in [7, 11) is -4.08. The number of benzene rings is 3. The number of hydrogen-bond donors (Lipinski definition) is 3. The first kappa shape index (κ1) is 23.1. The zero-order chi connectivity index (χ0) is 24.3. The van der Waals surface area contributed by atoms with E-state index in [-0.39, 0.29) is 10.6 Å². The van der Waals surface area contributed by atoms with Crippen LogP contribution in [0.1, 0.15) is 11.3 Å². The molecular weight excluding hydrogens is 460 g/mol. The van der Waals surface area contributed by atoms with Gasteiger partial charge in [0.05, 0.1) is 4.90 Å². The third-order valence-electron chi connectivity index (χ3n) is 4.77. The maximum Gasteiger partial charge on any atom is 0.261 e. The number of nitrogens with one attached hydrogen (secondary N) is 3. The maximum atomic E-state index is 13.4. The lowest BCUT2D eigenvalue weighted by Crippen LogP contribution is -2.13. The highest BCUT2D eigenvalue weighted by molar-refractivity contribution is 7.92. The highest BCUT2D eigenvalue weighted by atomic mass is 32.2. The molecule has 0 aliphatic carbocycles. The van der Waals surface area contributed by atoms with Crippen molar-refractivity contribution in [3.8, 4) is 0 Å². The van der Waals surface area contributed by atoms with Crippen molar-refractivity contribution in [3.05, 3.63) is 95.7 Å². The fraction of sp³-hybridized carbons (Fsp3) is 0.0833. The zero-order valence-electron chi connectivity index (χ0n) is 18.3. The molecule has 3 N–H and O–H groups in total. The molecule has 0 saturated heterocycles. The summed E-state index contributed by atoms with van der Waals surface area (Å²) in [6, 6.07) is 18.5. The molecule has 3 aromatic carbocycles. The first-order valence-corrected chi connectivity index (χ1v) is 11.7. The number of nitrogens with zero attached hydrogens (tertiary/aromatic N) is 2. The van der Waals surface area contributed by atoms with Gasteiger partial charge in [0.1, 0.15) is 5.82 Å². The van der Waals surface area contributed by atoms with E-state index in [0.29, 0.717) is 23.5 Å². The highest BCUT2D eigenvalue weighted by Crippen LogP contribution is 2.23. The van der Waals surface area contributed by atoms with E-state index in [2.05, 4.69) is 25.3 Å². The van der Waals surface area contributed by atoms with Crippen LogP contribution in [0.25, 0.3) is 0 Å². The van der Waals surface area contributed by atoms with Crippen LogP contribution in [0.3, 0.4) is 0 Å². The van der Waals surface area contributed by atoms with Gasteiger partial charge in [-0.05, 0) is 68.4 Å². The highest BCUT2D eigenvalue weighted by Gasteiger charge is 2.16. The molecule has 0 aliphatic heterocycles. The molecule has 0 bridgehead atoms. The van der Waals surface area contributed by atoms with Crippen LogP contribution in [0.2, 0.25) is 0 Å². The zero-order valence-corrected chi connectivity index (χ0v) is 19.1. The molecular formula is C24H21F2N5O2S. The lowest BCUT2D eigenvalue weighted by molar-refractivity contribution is 0.504. The normalized spacial score (nSPS) is 11.2. The Bertz CT molecular complexity index is 1430. The molecule has 0 amide bonds. The smallest absolute Gasteiger partial charge is 0.261 e. The van der Waals surface area contributed by atoms with Crippen molar-refractivity contribution < 1.29 is 17.2 Å². The molecule has 0 atom stereocenters. The van der Waals surface area contributed by atoms with Crippen molar-refractivity contribution in [3.63, 3.8) is 0 Å². The average molecular weight is 482 g/mol. The number of anilines is 5. The maximum absolute atomic E-state index is 13.4. The largest absolute Gasteiger partial charge is 0.340 e. The molecule has 0 spiro atoms. The number of aromatic nitrogens is 2. The van der Waals surface area contributed by atoms with Crippen LogP contribution in [0.5, 0.6) is 0 Å². The minimum Gasteiger partial charge on any atom is -0.340 e. The minimum absolute atomic E-state index is 0.252. The fourth-order valence-electron chi connectivity index (χ4n) is 3.08. The van der Waals surface area contributed by atoms with Gasteiger partial charge in [0, 0.05) is 28.8 Å². The molecule has 1 heterocycles. The lowest BCUT2D eigenvalue weighted by atomic mass is 10.2. The summed E-state index contributed by atoms with van der Waals surface area (Å²) >= 11 is 0. The van der Waals surface area contributed by atoms with Crippen molar-refractivity contribution in [1.29, 1.82) is 0 Å². The van der Waals surface area contributed by atoms with Gasteiger partial charge >= 0.3 is 0 Å². The quantitative estimate of drug-likeness (QED) is 0.315. The molecule has 0 fully saturated rings. The number of sulfonamides is 1. The van der Waals surface area contributed by atoms with E-state index in [0.717, 1.165) is 29.1 Å². The SMILES string of the molecule is Cc1ccc(Nc2cc(C)nc(Nc3ccc(NS(=O)(=O)c4ccc(F)c(F)c4)cc3)n2)cc1. The summed E-state index contributed by atoms with van der Waals surface area (Å²) < 4.78 is 53.7. The Morgan fingerprint density at radius 1 is 0.706 bits per heavy atom. The minimum atomic E-state index is -4.08. The molecule has 34 heavy (non-hydrogen) atoms. The number of hydrogen-bond acceptors (Lipinski definition) is 6. The number of rotatable bonds is 7. The Hall–Kier alpha value is -4.05. The fourth-order valence-corrected chi connectivity index (χ4v) is 4.15. The monoisotopic (exact) mass is 481 g/mol. The molecule has 7 nitrogen and oxygen atoms in total. The van der Waals surface area contributed by atoms with E-state index in [1.54, 1.807) is 12.1 Å². The Kier molecular flexibility index (Phi) is 6.42. The van der Waals surface area contributed by atoms with Crippen LogP contribution >= 0.6 is 0 Å². The first-order valence-electron chi connectivity index (χ1n) is 10.2. The molecule has 0 saturated carbocycles. The Labute approximate surface area is 196 Å². The van der Waals surface area contributed by atoms with E-state index in [1.165, 1.54) is 12.1 Å². The van der Waals surface area contributed by atoms with Crippen molar-refractivity contribution in [2.75, 3.05) is 15.4 Å². The third-order valence-corrected chi connectivity index (χ3v) is 6.15. The van der Waals surface area contributed by atoms with E-state index >= 15 is 0 Å². The van der Waals surface area contributed by atoms with Gasteiger partial charge in [-0.25, -0.2) is 22.2 Å². The van der Waals surface area contributed by atoms with Gasteiger partial charge in [0.25, 0.3) is 10.0 Å². The van der Waals surface area contributed by atoms with Crippen LogP contribution < -0.4 is 15.4 Å².